The van der Waals surface area contributed by atoms with Gasteiger partial charge in [-0.05, 0) is 48.5 Å². The van der Waals surface area contributed by atoms with Crippen LogP contribution in [-0.2, 0) is 10.0 Å². The maximum absolute atomic E-state index is 12.7. The van der Waals surface area contributed by atoms with Crippen molar-refractivity contribution in [3.8, 4) is 11.5 Å². The Balaban J connectivity index is 1.78. The average Bonchev–Trinajstić information content (AvgIpc) is 2.73. The monoisotopic (exact) mass is 413 g/mol. The summed E-state index contributed by atoms with van der Waals surface area (Å²) in [5.74, 6) is 0.284. The second-order valence-electron chi connectivity index (χ2n) is 5.86. The van der Waals surface area contributed by atoms with E-state index in [4.69, 9.17) is 9.47 Å². The van der Waals surface area contributed by atoms with E-state index in [2.05, 4.69) is 15.0 Å². The number of hydrogen-bond donors (Lipinski definition) is 2. The minimum absolute atomic E-state index is 0.0502. The fourth-order valence-corrected chi connectivity index (χ4v) is 3.67. The molecule has 0 radical (unpaired) electrons. The van der Waals surface area contributed by atoms with Crippen LogP contribution in [-0.4, -0.2) is 33.5 Å². The van der Waals surface area contributed by atoms with Crippen LogP contribution in [0.2, 0.25) is 0 Å². The van der Waals surface area contributed by atoms with E-state index in [1.807, 2.05) is 0 Å². The number of pyridine rings is 1. The molecule has 3 rings (SSSR count). The zero-order valence-electron chi connectivity index (χ0n) is 15.7. The molecule has 0 unspecified atom stereocenters. The van der Waals surface area contributed by atoms with Crippen LogP contribution in [0.3, 0.4) is 0 Å². The van der Waals surface area contributed by atoms with Crippen molar-refractivity contribution in [2.24, 2.45) is 0 Å². The van der Waals surface area contributed by atoms with E-state index in [0.717, 1.165) is 0 Å². The van der Waals surface area contributed by atoms with E-state index >= 15 is 0 Å². The SMILES string of the molecule is COc1cccc(OC)c1C(=O)Nc1ccc(S(=O)(=O)Nc2cccnc2)cc1. The number of carbonyl (C=O) groups excluding carboxylic acids is 1. The molecule has 0 fully saturated rings. The van der Waals surface area contributed by atoms with Gasteiger partial charge in [0.25, 0.3) is 15.9 Å². The Morgan fingerprint density at radius 3 is 2.10 bits per heavy atom. The fraction of sp³-hybridized carbons (Fsp3) is 0.100. The van der Waals surface area contributed by atoms with Gasteiger partial charge in [0.05, 0.1) is 31.0 Å². The van der Waals surface area contributed by atoms with Gasteiger partial charge in [0.1, 0.15) is 17.1 Å². The second-order valence-corrected chi connectivity index (χ2v) is 7.55. The molecular formula is C20H19N3O5S. The van der Waals surface area contributed by atoms with Gasteiger partial charge in [-0.15, -0.1) is 0 Å². The molecule has 1 aromatic heterocycles. The number of sulfonamides is 1. The summed E-state index contributed by atoms with van der Waals surface area (Å²) in [5, 5.41) is 2.71. The molecule has 0 atom stereocenters. The number of ether oxygens (including phenoxy) is 2. The highest BCUT2D eigenvalue weighted by Crippen LogP contribution is 2.29. The van der Waals surface area contributed by atoms with E-state index in [1.54, 1.807) is 36.5 Å². The molecule has 9 heteroatoms. The van der Waals surface area contributed by atoms with Crippen molar-refractivity contribution in [1.29, 1.82) is 0 Å². The normalized spacial score (nSPS) is 10.8. The van der Waals surface area contributed by atoms with Crippen LogP contribution in [0.25, 0.3) is 0 Å². The quantitative estimate of drug-likeness (QED) is 0.616. The molecule has 0 saturated heterocycles. The van der Waals surface area contributed by atoms with Crippen molar-refractivity contribution >= 4 is 27.3 Å². The Kier molecular flexibility index (Phi) is 5.99. The number of methoxy groups -OCH3 is 2. The van der Waals surface area contributed by atoms with Crippen LogP contribution < -0.4 is 19.5 Å². The molecule has 0 aliphatic heterocycles. The minimum atomic E-state index is -3.77. The molecule has 29 heavy (non-hydrogen) atoms. The molecule has 1 heterocycles. The largest absolute Gasteiger partial charge is 0.496 e. The van der Waals surface area contributed by atoms with Gasteiger partial charge in [0.2, 0.25) is 0 Å². The number of hydrogen-bond acceptors (Lipinski definition) is 6. The van der Waals surface area contributed by atoms with Crippen LogP contribution in [0.1, 0.15) is 10.4 Å². The Morgan fingerprint density at radius 2 is 1.55 bits per heavy atom. The molecule has 0 aliphatic rings. The molecule has 2 N–H and O–H groups in total. The van der Waals surface area contributed by atoms with Crippen molar-refractivity contribution in [3.05, 3.63) is 72.6 Å². The Morgan fingerprint density at radius 1 is 0.897 bits per heavy atom. The highest BCUT2D eigenvalue weighted by Gasteiger charge is 2.19. The topological polar surface area (TPSA) is 107 Å². The molecular weight excluding hydrogens is 394 g/mol. The van der Waals surface area contributed by atoms with Crippen LogP contribution in [0.4, 0.5) is 11.4 Å². The first-order valence-electron chi connectivity index (χ1n) is 8.50. The van der Waals surface area contributed by atoms with Crippen LogP contribution in [0.15, 0.2) is 71.9 Å². The predicted octanol–water partition coefficient (Wildman–Crippen LogP) is 3.15. The number of benzene rings is 2. The minimum Gasteiger partial charge on any atom is -0.496 e. The lowest BCUT2D eigenvalue weighted by atomic mass is 10.1. The number of carbonyl (C=O) groups is 1. The first-order chi connectivity index (χ1) is 13.9. The average molecular weight is 413 g/mol. The Hall–Kier alpha value is -3.59. The van der Waals surface area contributed by atoms with E-state index in [-0.39, 0.29) is 10.5 Å². The number of amides is 1. The highest BCUT2D eigenvalue weighted by atomic mass is 32.2. The third-order valence-electron chi connectivity index (χ3n) is 3.99. The first-order valence-corrected chi connectivity index (χ1v) is 9.98. The van der Waals surface area contributed by atoms with Crippen molar-refractivity contribution < 1.29 is 22.7 Å². The molecule has 150 valence electrons. The molecule has 8 nitrogen and oxygen atoms in total. The lowest BCUT2D eigenvalue weighted by Crippen LogP contribution is -2.15. The maximum atomic E-state index is 12.7. The molecule has 0 bridgehead atoms. The van der Waals surface area contributed by atoms with E-state index in [1.165, 1.54) is 44.7 Å². The van der Waals surface area contributed by atoms with Crippen molar-refractivity contribution in [2.45, 2.75) is 4.90 Å². The number of anilines is 2. The molecule has 3 aromatic rings. The zero-order chi connectivity index (χ0) is 20.9. The highest BCUT2D eigenvalue weighted by molar-refractivity contribution is 7.92. The van der Waals surface area contributed by atoms with Gasteiger partial charge in [-0.1, -0.05) is 6.07 Å². The van der Waals surface area contributed by atoms with E-state index in [0.29, 0.717) is 22.9 Å². The molecule has 1 amide bonds. The summed E-state index contributed by atoms with van der Waals surface area (Å²) >= 11 is 0. The van der Waals surface area contributed by atoms with Gasteiger partial charge in [-0.25, -0.2) is 8.42 Å². The number of rotatable bonds is 7. The third kappa shape index (κ3) is 4.64. The number of nitrogens with zero attached hydrogens (tertiary/aromatic N) is 1. The second kappa shape index (κ2) is 8.61. The molecule has 2 aromatic carbocycles. The van der Waals surface area contributed by atoms with Crippen LogP contribution in [0, 0.1) is 0 Å². The van der Waals surface area contributed by atoms with Gasteiger partial charge in [-0.3, -0.25) is 14.5 Å². The maximum Gasteiger partial charge on any atom is 0.263 e. The number of nitrogens with one attached hydrogen (secondary N) is 2. The van der Waals surface area contributed by atoms with Gasteiger partial charge in [0, 0.05) is 11.9 Å². The zero-order valence-corrected chi connectivity index (χ0v) is 16.6. The third-order valence-corrected chi connectivity index (χ3v) is 5.39. The lowest BCUT2D eigenvalue weighted by Gasteiger charge is -2.13. The van der Waals surface area contributed by atoms with Crippen molar-refractivity contribution in [3.63, 3.8) is 0 Å². The molecule has 0 saturated carbocycles. The van der Waals surface area contributed by atoms with Crippen LogP contribution >= 0.6 is 0 Å². The molecule has 0 aliphatic carbocycles. The summed E-state index contributed by atoms with van der Waals surface area (Å²) in [5.41, 5.74) is 1.02. The Labute approximate surface area is 168 Å². The van der Waals surface area contributed by atoms with E-state index < -0.39 is 15.9 Å². The summed E-state index contributed by atoms with van der Waals surface area (Å²) in [6.07, 6.45) is 2.96. The van der Waals surface area contributed by atoms with Crippen LogP contribution in [0.5, 0.6) is 11.5 Å². The Bertz CT molecular complexity index is 1080. The van der Waals surface area contributed by atoms with Gasteiger partial charge >= 0.3 is 0 Å². The standard InChI is InChI=1S/C20H19N3O5S/c1-27-17-6-3-7-18(28-2)19(17)20(24)22-14-8-10-16(11-9-14)29(25,26)23-15-5-4-12-21-13-15/h3-13,23H,1-2H3,(H,22,24). The first kappa shape index (κ1) is 20.2. The van der Waals surface area contributed by atoms with E-state index in [9.17, 15) is 13.2 Å². The van der Waals surface area contributed by atoms with Gasteiger partial charge in [0.15, 0.2) is 0 Å². The summed E-state index contributed by atoms with van der Waals surface area (Å²) in [6, 6.07) is 14.0. The van der Waals surface area contributed by atoms with Gasteiger partial charge < -0.3 is 14.8 Å². The fourth-order valence-electron chi connectivity index (χ4n) is 2.62. The summed E-state index contributed by atoms with van der Waals surface area (Å²) < 4.78 is 37.8. The number of aromatic nitrogens is 1. The predicted molar refractivity (Wildman–Crippen MR) is 109 cm³/mol. The molecule has 0 spiro atoms. The smallest absolute Gasteiger partial charge is 0.263 e. The van der Waals surface area contributed by atoms with Crippen molar-refractivity contribution in [1.82, 2.24) is 4.98 Å². The summed E-state index contributed by atoms with van der Waals surface area (Å²) in [4.78, 5) is 16.6. The van der Waals surface area contributed by atoms with Crippen molar-refractivity contribution in [2.75, 3.05) is 24.3 Å². The summed E-state index contributed by atoms with van der Waals surface area (Å²) in [6.45, 7) is 0. The summed E-state index contributed by atoms with van der Waals surface area (Å²) in [7, 11) is -0.857. The lowest BCUT2D eigenvalue weighted by molar-refractivity contribution is 0.102. The van der Waals surface area contributed by atoms with Gasteiger partial charge in [-0.2, -0.15) is 0 Å².